The zero-order chi connectivity index (χ0) is 21.7. The lowest BCUT2D eigenvalue weighted by atomic mass is 10.2. The fourth-order valence-corrected chi connectivity index (χ4v) is 3.41. The Morgan fingerprint density at radius 3 is 2.69 bits per heavy atom. The van der Waals surface area contributed by atoms with Crippen LogP contribution in [0.1, 0.15) is 11.6 Å². The first-order valence-corrected chi connectivity index (χ1v) is 9.75. The van der Waals surface area contributed by atoms with Crippen LogP contribution in [0, 0.1) is 6.92 Å². The van der Waals surface area contributed by atoms with Gasteiger partial charge in [-0.15, -0.1) is 20.4 Å². The predicted octanol–water partition coefficient (Wildman–Crippen LogP) is 2.13. The summed E-state index contributed by atoms with van der Waals surface area (Å²) in [7, 11) is 1.89. The van der Waals surface area contributed by atoms with Gasteiger partial charge in [0, 0.05) is 30.1 Å². The molecule has 0 amide bonds. The molecule has 0 unspecified atom stereocenters. The lowest BCUT2D eigenvalue weighted by Gasteiger charge is -2.08. The van der Waals surface area contributed by atoms with Gasteiger partial charge in [-0.3, -0.25) is 0 Å². The molecule has 12 nitrogen and oxygen atoms in total. The number of hydrogen-bond donors (Lipinski definition) is 0. The van der Waals surface area contributed by atoms with Gasteiger partial charge in [0.05, 0.1) is 6.33 Å². The minimum atomic E-state index is 0.128. The van der Waals surface area contributed by atoms with E-state index in [1.54, 1.807) is 27.9 Å². The molecule has 5 aromatic heterocycles. The molecule has 0 aliphatic rings. The molecule has 0 spiro atoms. The van der Waals surface area contributed by atoms with Gasteiger partial charge in [-0.2, -0.15) is 4.52 Å². The summed E-state index contributed by atoms with van der Waals surface area (Å²) in [4.78, 5) is 8.58. The van der Waals surface area contributed by atoms with Gasteiger partial charge >= 0.3 is 0 Å². The number of ether oxygens (including phenoxy) is 1. The first kappa shape index (κ1) is 18.2. The van der Waals surface area contributed by atoms with Gasteiger partial charge in [0.25, 0.3) is 0 Å². The van der Waals surface area contributed by atoms with Crippen molar-refractivity contribution in [3.8, 4) is 23.2 Å². The van der Waals surface area contributed by atoms with Gasteiger partial charge in [0.1, 0.15) is 12.1 Å². The quantitative estimate of drug-likeness (QED) is 0.406. The highest BCUT2D eigenvalue weighted by Gasteiger charge is 2.18. The Morgan fingerprint density at radius 2 is 1.91 bits per heavy atom. The summed E-state index contributed by atoms with van der Waals surface area (Å²) in [5, 5.41) is 23.3. The minimum absolute atomic E-state index is 0.128. The molecule has 1 aromatic carbocycles. The summed E-state index contributed by atoms with van der Waals surface area (Å²) in [6.45, 7) is 1.94. The summed E-state index contributed by atoms with van der Waals surface area (Å²) in [5.74, 6) is 2.71. The molecule has 6 rings (SSSR count). The first-order chi connectivity index (χ1) is 15.7. The first-order valence-electron chi connectivity index (χ1n) is 9.75. The average molecular weight is 428 g/mol. The number of hydrogen-bond acceptors (Lipinski definition) is 9. The van der Waals surface area contributed by atoms with Crippen molar-refractivity contribution in [2.45, 2.75) is 13.5 Å². The summed E-state index contributed by atoms with van der Waals surface area (Å²) >= 11 is 0. The molecule has 32 heavy (non-hydrogen) atoms. The van der Waals surface area contributed by atoms with Crippen molar-refractivity contribution in [3.05, 3.63) is 60.8 Å². The fraction of sp³-hybridized carbons (Fsp3) is 0.150. The monoisotopic (exact) mass is 428 g/mol. The second kappa shape index (κ2) is 6.97. The Kier molecular flexibility index (Phi) is 3.96. The van der Waals surface area contributed by atoms with Crippen molar-refractivity contribution in [2.75, 3.05) is 0 Å². The van der Waals surface area contributed by atoms with Crippen LogP contribution in [0.2, 0.25) is 0 Å². The van der Waals surface area contributed by atoms with E-state index in [1.807, 2.05) is 49.0 Å². The van der Waals surface area contributed by atoms with Crippen LogP contribution in [0.25, 0.3) is 33.8 Å². The van der Waals surface area contributed by atoms with E-state index in [9.17, 15) is 0 Å². The van der Waals surface area contributed by atoms with Crippen LogP contribution in [-0.2, 0) is 13.7 Å². The highest BCUT2D eigenvalue weighted by Crippen LogP contribution is 2.29. The van der Waals surface area contributed by atoms with Gasteiger partial charge in [-0.1, -0.05) is 23.4 Å². The SMILES string of the molecule is Cc1cc(-c2nnc3c4ccccc4c(OCc4ncn(-c5cn(C)cn5)n4)nn23)no1. The number of aryl methyl sites for hydroxylation is 2. The van der Waals surface area contributed by atoms with Crippen molar-refractivity contribution in [1.29, 1.82) is 0 Å². The zero-order valence-corrected chi connectivity index (χ0v) is 17.1. The molecule has 6 aromatic rings. The van der Waals surface area contributed by atoms with E-state index in [0.717, 1.165) is 10.8 Å². The van der Waals surface area contributed by atoms with Gasteiger partial charge in [0.2, 0.25) is 11.7 Å². The van der Waals surface area contributed by atoms with Crippen molar-refractivity contribution in [2.24, 2.45) is 7.05 Å². The number of benzene rings is 1. The molecule has 5 heterocycles. The van der Waals surface area contributed by atoms with Crippen molar-refractivity contribution in [3.63, 3.8) is 0 Å². The van der Waals surface area contributed by atoms with Crippen molar-refractivity contribution < 1.29 is 9.26 Å². The summed E-state index contributed by atoms with van der Waals surface area (Å²) in [5.41, 5.74) is 1.14. The van der Waals surface area contributed by atoms with E-state index in [0.29, 0.717) is 40.4 Å². The Hall–Kier alpha value is -4.61. The number of imidazole rings is 1. The summed E-state index contributed by atoms with van der Waals surface area (Å²) in [6, 6.07) is 9.49. The van der Waals surface area contributed by atoms with E-state index in [2.05, 4.69) is 35.5 Å². The largest absolute Gasteiger partial charge is 0.468 e. The molecule has 0 N–H and O–H groups in total. The van der Waals surface area contributed by atoms with Crippen LogP contribution in [0.5, 0.6) is 5.88 Å². The van der Waals surface area contributed by atoms with E-state index in [1.165, 1.54) is 0 Å². The van der Waals surface area contributed by atoms with Gasteiger partial charge < -0.3 is 13.8 Å². The van der Waals surface area contributed by atoms with E-state index >= 15 is 0 Å². The van der Waals surface area contributed by atoms with Crippen molar-refractivity contribution >= 4 is 16.4 Å². The zero-order valence-electron chi connectivity index (χ0n) is 17.1. The van der Waals surface area contributed by atoms with Crippen LogP contribution in [0.4, 0.5) is 0 Å². The minimum Gasteiger partial charge on any atom is -0.468 e. The van der Waals surface area contributed by atoms with Crippen LogP contribution in [0.3, 0.4) is 0 Å². The van der Waals surface area contributed by atoms with Crippen molar-refractivity contribution in [1.82, 2.24) is 49.3 Å². The van der Waals surface area contributed by atoms with E-state index in [4.69, 9.17) is 9.26 Å². The third kappa shape index (κ3) is 2.96. The molecule has 0 aliphatic heterocycles. The molecule has 12 heteroatoms. The lowest BCUT2D eigenvalue weighted by Crippen LogP contribution is -2.05. The second-order valence-electron chi connectivity index (χ2n) is 7.22. The van der Waals surface area contributed by atoms with Crippen LogP contribution >= 0.6 is 0 Å². The Labute approximate surface area is 180 Å². The van der Waals surface area contributed by atoms with Crippen LogP contribution in [0.15, 0.2) is 53.7 Å². The lowest BCUT2D eigenvalue weighted by molar-refractivity contribution is 0.284. The molecule has 0 radical (unpaired) electrons. The highest BCUT2D eigenvalue weighted by atomic mass is 16.5. The van der Waals surface area contributed by atoms with Gasteiger partial charge in [-0.25, -0.2) is 14.6 Å². The Bertz CT molecular complexity index is 1570. The molecule has 158 valence electrons. The Balaban J connectivity index is 1.38. The van der Waals surface area contributed by atoms with E-state index in [-0.39, 0.29) is 6.61 Å². The van der Waals surface area contributed by atoms with Gasteiger partial charge in [-0.05, 0) is 13.0 Å². The number of nitrogens with zero attached hydrogens (tertiary/aromatic N) is 10. The average Bonchev–Trinajstić information content (AvgIpc) is 3.58. The summed E-state index contributed by atoms with van der Waals surface area (Å²) in [6.07, 6.45) is 5.15. The fourth-order valence-electron chi connectivity index (χ4n) is 3.41. The summed E-state index contributed by atoms with van der Waals surface area (Å²) < 4.78 is 16.3. The van der Waals surface area contributed by atoms with Crippen LogP contribution < -0.4 is 4.74 Å². The number of fused-ring (bicyclic) bond motifs is 3. The molecule has 0 saturated carbocycles. The maximum absolute atomic E-state index is 6.04. The van der Waals surface area contributed by atoms with E-state index < -0.39 is 0 Å². The molecule has 0 atom stereocenters. The highest BCUT2D eigenvalue weighted by molar-refractivity contribution is 5.96. The molecular weight excluding hydrogens is 412 g/mol. The molecular formula is C20H16N10O2. The standard InChI is InChI=1S/C20H16N10O2/c1-12-7-15(27-32-12)19-24-23-18-13-5-3-4-6-14(13)20(26-30(18)19)31-9-16-21-11-29(25-16)17-8-28(2)10-22-17/h3-8,10-11H,9H2,1-2H3. The third-order valence-electron chi connectivity index (χ3n) is 4.89. The Morgan fingerprint density at radius 1 is 1.03 bits per heavy atom. The maximum atomic E-state index is 6.04. The third-order valence-corrected chi connectivity index (χ3v) is 4.89. The smallest absolute Gasteiger partial charge is 0.240 e. The normalized spacial score (nSPS) is 11.6. The topological polar surface area (TPSA) is 127 Å². The number of aromatic nitrogens is 10. The van der Waals surface area contributed by atoms with Gasteiger partial charge in [0.15, 0.2) is 29.6 Å². The maximum Gasteiger partial charge on any atom is 0.240 e. The molecule has 0 saturated heterocycles. The van der Waals surface area contributed by atoms with Crippen LogP contribution in [-0.4, -0.2) is 49.3 Å². The second-order valence-corrected chi connectivity index (χ2v) is 7.22. The molecule has 0 bridgehead atoms. The molecule has 0 aliphatic carbocycles. The molecule has 0 fully saturated rings. The predicted molar refractivity (Wildman–Crippen MR) is 111 cm³/mol. The number of rotatable bonds is 5.